The maximum Gasteiger partial charge on any atom is 0.270 e. The van der Waals surface area contributed by atoms with Crippen LogP contribution in [0.15, 0.2) is 11.2 Å². The highest BCUT2D eigenvalue weighted by molar-refractivity contribution is 6.28. The highest BCUT2D eigenvalue weighted by Gasteiger charge is 2.54. The van der Waals surface area contributed by atoms with Crippen LogP contribution in [0.5, 0.6) is 0 Å². The highest BCUT2D eigenvalue weighted by Crippen LogP contribution is 2.53. The third-order valence-corrected chi connectivity index (χ3v) is 3.80. The number of allylic oxidation sites excluding steroid dienone is 1. The molecule has 1 aliphatic carbocycles. The minimum absolute atomic E-state index is 0.0495. The molecule has 80 valence electrons. The largest absolute Gasteiger partial charge is 0.383 e. The second kappa shape index (κ2) is 3.67. The van der Waals surface area contributed by atoms with Gasteiger partial charge >= 0.3 is 0 Å². The molecule has 2 nitrogen and oxygen atoms in total. The first-order valence-corrected chi connectivity index (χ1v) is 5.32. The van der Waals surface area contributed by atoms with Gasteiger partial charge in [0.1, 0.15) is 12.3 Å². The van der Waals surface area contributed by atoms with Gasteiger partial charge in [0.25, 0.3) is 5.16 Å². The Balaban J connectivity index is 2.64. The lowest BCUT2D eigenvalue weighted by Crippen LogP contribution is -2.42. The molecule has 0 aromatic heterocycles. The summed E-state index contributed by atoms with van der Waals surface area (Å²) in [5, 5.41) is 10.8. The third kappa shape index (κ3) is 2.18. The van der Waals surface area contributed by atoms with Gasteiger partial charge in [-0.15, -0.1) is 0 Å². The number of hydrogen-bond acceptors (Lipinski definition) is 1. The first-order valence-electron chi connectivity index (χ1n) is 4.95. The minimum Gasteiger partial charge on any atom is -0.383 e. The van der Waals surface area contributed by atoms with Crippen molar-refractivity contribution in [1.82, 2.24) is 0 Å². The second-order valence-electron chi connectivity index (χ2n) is 4.64. The van der Waals surface area contributed by atoms with Gasteiger partial charge in [-0.05, 0) is 44.4 Å². The molecule has 0 bridgehead atoms. The van der Waals surface area contributed by atoms with E-state index in [1.807, 2.05) is 13.8 Å². The molecule has 0 spiro atoms. The summed E-state index contributed by atoms with van der Waals surface area (Å²) in [5.41, 5.74) is -0.661. The molecule has 1 fully saturated rings. The molecule has 0 radical (unpaired) electrons. The number of halogens is 1. The lowest BCUT2D eigenvalue weighted by molar-refractivity contribution is -0.482. The van der Waals surface area contributed by atoms with Crippen molar-refractivity contribution in [3.63, 3.8) is 0 Å². The molecular weight excluding hydrogens is 198 g/mol. The van der Waals surface area contributed by atoms with E-state index in [1.54, 1.807) is 10.7 Å². The summed E-state index contributed by atoms with van der Waals surface area (Å²) in [6.45, 7) is 10.1. The van der Waals surface area contributed by atoms with Gasteiger partial charge in [-0.2, -0.15) is 4.58 Å². The fraction of sp³-hybridized carbons (Fsp3) is 0.727. The molecule has 1 N–H and O–H groups in total. The quantitative estimate of drug-likeness (QED) is 0.435. The molecule has 14 heavy (non-hydrogen) atoms. The summed E-state index contributed by atoms with van der Waals surface area (Å²) in [4.78, 5) is 0. The number of rotatable bonds is 4. The Bertz CT molecular complexity index is 277. The van der Waals surface area contributed by atoms with Crippen molar-refractivity contribution in [2.45, 2.75) is 39.2 Å². The maximum absolute atomic E-state index is 10.3. The van der Waals surface area contributed by atoms with Gasteiger partial charge < -0.3 is 5.11 Å². The topological polar surface area (TPSA) is 23.2 Å². The minimum atomic E-state index is -0.710. The molecule has 1 saturated carbocycles. The van der Waals surface area contributed by atoms with E-state index in [-0.39, 0.29) is 5.41 Å². The summed E-state index contributed by atoms with van der Waals surface area (Å²) in [6.07, 6.45) is 3.95. The molecule has 0 aliphatic heterocycles. The van der Waals surface area contributed by atoms with E-state index in [0.29, 0.717) is 11.7 Å². The molecule has 1 rings (SSSR count). The monoisotopic (exact) mass is 216 g/mol. The normalized spacial score (nSPS) is 24.2. The van der Waals surface area contributed by atoms with Gasteiger partial charge in [0.15, 0.2) is 6.54 Å². The van der Waals surface area contributed by atoms with Crippen molar-refractivity contribution in [1.29, 1.82) is 0 Å². The Morgan fingerprint density at radius 3 is 2.57 bits per heavy atom. The zero-order valence-electron chi connectivity index (χ0n) is 9.18. The maximum atomic E-state index is 10.3. The van der Waals surface area contributed by atoms with E-state index in [4.69, 9.17) is 11.6 Å². The average molecular weight is 217 g/mol. The van der Waals surface area contributed by atoms with Crippen LogP contribution in [0.2, 0.25) is 0 Å². The predicted molar refractivity (Wildman–Crippen MR) is 59.8 cm³/mol. The summed E-state index contributed by atoms with van der Waals surface area (Å²) in [6, 6.07) is 0. The molecule has 1 atom stereocenters. The van der Waals surface area contributed by atoms with Crippen molar-refractivity contribution in [3.05, 3.63) is 11.2 Å². The van der Waals surface area contributed by atoms with Crippen LogP contribution in [0.3, 0.4) is 0 Å². The second-order valence-corrected chi connectivity index (χ2v) is 5.03. The summed E-state index contributed by atoms with van der Waals surface area (Å²) < 4.78 is 1.64. The van der Waals surface area contributed by atoms with Crippen molar-refractivity contribution in [2.75, 3.05) is 6.54 Å². The van der Waals surface area contributed by atoms with Crippen LogP contribution in [0.25, 0.3) is 0 Å². The zero-order chi connectivity index (χ0) is 11.0. The Labute approximate surface area is 90.9 Å². The van der Waals surface area contributed by atoms with Crippen LogP contribution in [-0.2, 0) is 0 Å². The molecule has 0 aromatic carbocycles. The Morgan fingerprint density at radius 2 is 2.21 bits per heavy atom. The molecule has 0 amide bonds. The first kappa shape index (κ1) is 11.7. The van der Waals surface area contributed by atoms with E-state index < -0.39 is 5.60 Å². The molecule has 0 saturated heterocycles. The van der Waals surface area contributed by atoms with Gasteiger partial charge in [0.05, 0.1) is 0 Å². The van der Waals surface area contributed by atoms with Crippen molar-refractivity contribution in [2.24, 2.45) is 5.41 Å². The molecule has 1 unspecified atom stereocenters. The SMILES string of the molecule is C=[N+](CC(C)(O)C1(C)CC1)C(Cl)=CC. The first-order chi connectivity index (χ1) is 6.32. The summed E-state index contributed by atoms with van der Waals surface area (Å²) >= 11 is 5.91. The number of hydrogen-bond donors (Lipinski definition) is 1. The number of nitrogens with zero attached hydrogens (tertiary/aromatic N) is 1. The van der Waals surface area contributed by atoms with Crippen LogP contribution in [0.1, 0.15) is 33.6 Å². The Kier molecular flexibility index (Phi) is 3.07. The van der Waals surface area contributed by atoms with E-state index in [0.717, 1.165) is 12.8 Å². The van der Waals surface area contributed by atoms with E-state index >= 15 is 0 Å². The van der Waals surface area contributed by atoms with Gasteiger partial charge in [0.2, 0.25) is 0 Å². The molecule has 1 aliphatic rings. The summed E-state index contributed by atoms with van der Waals surface area (Å²) in [7, 11) is 0. The molecular formula is C11H19ClNO+. The third-order valence-electron chi connectivity index (χ3n) is 3.34. The standard InChI is InChI=1S/C11H19ClNO/c1-5-9(12)13(4)8-11(3,14)10(2)6-7-10/h5,14H,4,6-8H2,1-3H3/q+1. The van der Waals surface area contributed by atoms with E-state index in [9.17, 15) is 5.11 Å². The fourth-order valence-electron chi connectivity index (χ4n) is 1.55. The van der Waals surface area contributed by atoms with Gasteiger partial charge in [0, 0.05) is 5.41 Å². The average Bonchev–Trinajstić information content (AvgIpc) is 2.83. The molecule has 0 heterocycles. The highest BCUT2D eigenvalue weighted by atomic mass is 35.5. The van der Waals surface area contributed by atoms with Crippen molar-refractivity contribution < 1.29 is 9.68 Å². The fourth-order valence-corrected chi connectivity index (χ4v) is 1.61. The van der Waals surface area contributed by atoms with Crippen LogP contribution in [0.4, 0.5) is 0 Å². The van der Waals surface area contributed by atoms with Crippen LogP contribution < -0.4 is 0 Å². The molecule has 0 aromatic rings. The van der Waals surface area contributed by atoms with Gasteiger partial charge in [-0.1, -0.05) is 6.92 Å². The molecule has 3 heteroatoms. The number of aliphatic hydroxyl groups is 1. The Morgan fingerprint density at radius 1 is 1.71 bits per heavy atom. The van der Waals surface area contributed by atoms with Gasteiger partial charge in [-0.3, -0.25) is 0 Å². The predicted octanol–water partition coefficient (Wildman–Crippen LogP) is 2.35. The van der Waals surface area contributed by atoms with E-state index in [2.05, 4.69) is 13.6 Å². The summed E-state index contributed by atoms with van der Waals surface area (Å²) in [5.74, 6) is 0. The van der Waals surface area contributed by atoms with Crippen LogP contribution >= 0.6 is 11.6 Å². The smallest absolute Gasteiger partial charge is 0.270 e. The van der Waals surface area contributed by atoms with Crippen molar-refractivity contribution in [3.8, 4) is 0 Å². The lowest BCUT2D eigenvalue weighted by Gasteiger charge is -2.27. The van der Waals surface area contributed by atoms with Crippen LogP contribution in [0, 0.1) is 5.41 Å². The Hall–Kier alpha value is -0.340. The van der Waals surface area contributed by atoms with Crippen LogP contribution in [-0.4, -0.2) is 28.5 Å². The lowest BCUT2D eigenvalue weighted by atomic mass is 9.87. The van der Waals surface area contributed by atoms with E-state index in [1.165, 1.54) is 0 Å². The zero-order valence-corrected chi connectivity index (χ0v) is 9.93. The van der Waals surface area contributed by atoms with Gasteiger partial charge in [-0.25, -0.2) is 0 Å². The van der Waals surface area contributed by atoms with Crippen molar-refractivity contribution >= 4 is 18.3 Å².